The molecule has 2 unspecified atom stereocenters. The summed E-state index contributed by atoms with van der Waals surface area (Å²) in [7, 11) is 0. The van der Waals surface area contributed by atoms with Crippen molar-refractivity contribution in [1.82, 2.24) is 0 Å². The Morgan fingerprint density at radius 2 is 1.57 bits per heavy atom. The Hall–Kier alpha value is -1.85. The standard InChI is InChI=1S/C18H16O2Se/c1-14(19)12-13-17(21-16-10-6-3-7-11-16)18(20)15-8-4-2-5-9-15/h2-11,14,17,19H,1H3. The number of hydrogen-bond acceptors (Lipinski definition) is 2. The van der Waals surface area contributed by atoms with Crippen LogP contribution in [0.5, 0.6) is 0 Å². The number of hydrogen-bond donors (Lipinski definition) is 1. The van der Waals surface area contributed by atoms with Gasteiger partial charge in [0.1, 0.15) is 0 Å². The summed E-state index contributed by atoms with van der Waals surface area (Å²) >= 11 is -0.0872. The van der Waals surface area contributed by atoms with E-state index in [0.29, 0.717) is 5.56 Å². The molecule has 0 heterocycles. The van der Waals surface area contributed by atoms with Crippen LogP contribution in [0.25, 0.3) is 0 Å². The van der Waals surface area contributed by atoms with Crippen LogP contribution in [0.4, 0.5) is 0 Å². The van der Waals surface area contributed by atoms with Gasteiger partial charge in [0.2, 0.25) is 0 Å². The Kier molecular flexibility index (Phi) is 5.78. The van der Waals surface area contributed by atoms with Gasteiger partial charge in [-0.2, -0.15) is 0 Å². The number of benzene rings is 2. The van der Waals surface area contributed by atoms with Crippen LogP contribution in [0.2, 0.25) is 4.82 Å². The molecule has 2 rings (SSSR count). The van der Waals surface area contributed by atoms with E-state index in [4.69, 9.17) is 0 Å². The Morgan fingerprint density at radius 3 is 2.14 bits per heavy atom. The van der Waals surface area contributed by atoms with Crippen LogP contribution in [-0.2, 0) is 0 Å². The Bertz CT molecular complexity index is 639. The predicted molar refractivity (Wildman–Crippen MR) is 85.8 cm³/mol. The zero-order valence-electron chi connectivity index (χ0n) is 11.7. The number of Topliss-reactive ketones (excluding diaryl/α,β-unsaturated/α-hetero) is 1. The Morgan fingerprint density at radius 1 is 1.00 bits per heavy atom. The first-order valence-electron chi connectivity index (χ1n) is 6.67. The molecule has 0 radical (unpaired) electrons. The summed E-state index contributed by atoms with van der Waals surface area (Å²) in [6, 6.07) is 19.1. The molecule has 2 atom stereocenters. The molecular weight excluding hydrogens is 327 g/mol. The minimum absolute atomic E-state index is 0.0209. The van der Waals surface area contributed by atoms with Gasteiger partial charge in [0, 0.05) is 0 Å². The minimum atomic E-state index is -0.720. The zero-order valence-corrected chi connectivity index (χ0v) is 13.4. The topological polar surface area (TPSA) is 37.3 Å². The summed E-state index contributed by atoms with van der Waals surface area (Å²) in [4.78, 5) is 12.2. The Balaban J connectivity index is 2.24. The molecule has 21 heavy (non-hydrogen) atoms. The van der Waals surface area contributed by atoms with Gasteiger partial charge in [-0.1, -0.05) is 0 Å². The average Bonchev–Trinajstić information content (AvgIpc) is 2.52. The van der Waals surface area contributed by atoms with E-state index in [2.05, 4.69) is 11.8 Å². The molecule has 2 aromatic carbocycles. The van der Waals surface area contributed by atoms with Crippen molar-refractivity contribution in [2.45, 2.75) is 17.8 Å². The normalized spacial score (nSPS) is 12.9. The van der Waals surface area contributed by atoms with Gasteiger partial charge in [0.05, 0.1) is 0 Å². The first-order valence-corrected chi connectivity index (χ1v) is 8.51. The third-order valence-electron chi connectivity index (χ3n) is 2.72. The van der Waals surface area contributed by atoms with E-state index in [1.807, 2.05) is 48.5 Å². The van der Waals surface area contributed by atoms with E-state index in [-0.39, 0.29) is 25.6 Å². The van der Waals surface area contributed by atoms with Gasteiger partial charge in [0.15, 0.2) is 0 Å². The molecule has 0 amide bonds. The van der Waals surface area contributed by atoms with Gasteiger partial charge < -0.3 is 0 Å². The fraction of sp³-hybridized carbons (Fsp3) is 0.167. The second kappa shape index (κ2) is 7.81. The van der Waals surface area contributed by atoms with Crippen LogP contribution in [0, 0.1) is 11.8 Å². The van der Waals surface area contributed by atoms with Gasteiger partial charge in [-0.15, -0.1) is 0 Å². The van der Waals surface area contributed by atoms with Crippen LogP contribution < -0.4 is 4.46 Å². The number of aliphatic hydroxyl groups is 1. The van der Waals surface area contributed by atoms with Gasteiger partial charge >= 0.3 is 131 Å². The van der Waals surface area contributed by atoms with E-state index in [9.17, 15) is 9.90 Å². The van der Waals surface area contributed by atoms with E-state index in [1.54, 1.807) is 19.1 Å². The second-order valence-electron chi connectivity index (χ2n) is 4.51. The van der Waals surface area contributed by atoms with E-state index >= 15 is 0 Å². The van der Waals surface area contributed by atoms with Crippen LogP contribution in [-0.4, -0.2) is 32.0 Å². The van der Waals surface area contributed by atoms with Crippen molar-refractivity contribution in [3.63, 3.8) is 0 Å². The van der Waals surface area contributed by atoms with Crippen molar-refractivity contribution in [1.29, 1.82) is 0 Å². The number of aliphatic hydroxyl groups excluding tert-OH is 1. The Labute approximate surface area is 131 Å². The van der Waals surface area contributed by atoms with Gasteiger partial charge in [-0.3, -0.25) is 0 Å². The molecule has 0 aliphatic rings. The monoisotopic (exact) mass is 344 g/mol. The van der Waals surface area contributed by atoms with Gasteiger partial charge in [0.25, 0.3) is 0 Å². The van der Waals surface area contributed by atoms with Gasteiger partial charge in [-0.05, 0) is 0 Å². The van der Waals surface area contributed by atoms with E-state index in [0.717, 1.165) is 4.46 Å². The molecule has 2 nitrogen and oxygen atoms in total. The number of carbonyl (C=O) groups is 1. The predicted octanol–water partition coefficient (Wildman–Crippen LogP) is 2.07. The molecule has 0 saturated carbocycles. The average molecular weight is 343 g/mol. The molecule has 0 aliphatic heterocycles. The maximum absolute atomic E-state index is 12.6. The van der Waals surface area contributed by atoms with Crippen molar-refractivity contribution < 1.29 is 9.90 Å². The van der Waals surface area contributed by atoms with Gasteiger partial charge in [-0.25, -0.2) is 0 Å². The van der Waals surface area contributed by atoms with Crippen LogP contribution >= 0.6 is 0 Å². The third kappa shape index (κ3) is 4.88. The van der Waals surface area contributed by atoms with Crippen molar-refractivity contribution in [3.05, 3.63) is 66.2 Å². The number of carbonyl (C=O) groups excluding carboxylic acids is 1. The molecule has 0 saturated heterocycles. The molecule has 0 aliphatic carbocycles. The maximum atomic E-state index is 12.6. The quantitative estimate of drug-likeness (QED) is 0.524. The summed E-state index contributed by atoms with van der Waals surface area (Å²) in [5, 5.41) is 9.34. The van der Waals surface area contributed by atoms with Crippen molar-refractivity contribution in [3.8, 4) is 11.8 Å². The molecule has 3 heteroatoms. The SMILES string of the molecule is CC(O)C#CC([Se]c1ccccc1)C(=O)c1ccccc1. The van der Waals surface area contributed by atoms with Crippen LogP contribution in [0.1, 0.15) is 17.3 Å². The first-order chi connectivity index (χ1) is 10.2. The summed E-state index contributed by atoms with van der Waals surface area (Å²) < 4.78 is 1.12. The number of ketones is 1. The molecule has 0 aromatic heterocycles. The van der Waals surface area contributed by atoms with Crippen molar-refractivity contribution in [2.24, 2.45) is 0 Å². The van der Waals surface area contributed by atoms with Crippen LogP contribution in [0.15, 0.2) is 60.7 Å². The zero-order chi connectivity index (χ0) is 15.1. The molecule has 0 spiro atoms. The molecule has 1 N–H and O–H groups in total. The molecule has 2 aromatic rings. The molecule has 0 fully saturated rings. The molecule has 0 bridgehead atoms. The summed E-state index contributed by atoms with van der Waals surface area (Å²) in [5.41, 5.74) is 0.667. The fourth-order valence-corrected chi connectivity index (χ4v) is 3.74. The van der Waals surface area contributed by atoms with Crippen molar-refractivity contribution in [2.75, 3.05) is 0 Å². The third-order valence-corrected chi connectivity index (χ3v) is 5.05. The molecular formula is C18H16O2Se. The van der Waals surface area contributed by atoms with Crippen molar-refractivity contribution >= 4 is 25.2 Å². The summed E-state index contributed by atoms with van der Waals surface area (Å²) in [5.74, 6) is 5.68. The van der Waals surface area contributed by atoms with Crippen LogP contribution in [0.3, 0.4) is 0 Å². The summed E-state index contributed by atoms with van der Waals surface area (Å²) in [6.07, 6.45) is -0.720. The van der Waals surface area contributed by atoms with E-state index in [1.165, 1.54) is 0 Å². The summed E-state index contributed by atoms with van der Waals surface area (Å²) in [6.45, 7) is 1.60. The second-order valence-corrected chi connectivity index (χ2v) is 6.98. The van der Waals surface area contributed by atoms with E-state index < -0.39 is 6.10 Å². The number of rotatable bonds is 4. The first kappa shape index (κ1) is 15.5. The fourth-order valence-electron chi connectivity index (χ4n) is 1.73. The molecule has 106 valence electrons.